The van der Waals surface area contributed by atoms with Gasteiger partial charge in [-0.25, -0.2) is 0 Å². The van der Waals surface area contributed by atoms with E-state index in [4.69, 9.17) is 0 Å². The van der Waals surface area contributed by atoms with E-state index in [0.29, 0.717) is 0 Å². The van der Waals surface area contributed by atoms with Crippen molar-refractivity contribution in [2.45, 2.75) is 26.7 Å². The topological polar surface area (TPSA) is 0 Å². The van der Waals surface area contributed by atoms with Crippen molar-refractivity contribution in [1.29, 1.82) is 0 Å². The predicted octanol–water partition coefficient (Wildman–Crippen LogP) is 3.89. The Kier molecular flexibility index (Phi) is 3.59. The van der Waals surface area contributed by atoms with E-state index in [1.165, 1.54) is 11.1 Å². The van der Waals surface area contributed by atoms with Crippen LogP contribution in [0.1, 0.15) is 32.3 Å². The first kappa shape index (κ1) is 9.05. The second kappa shape index (κ2) is 4.76. The Morgan fingerprint density at radius 1 is 1.08 bits per heavy atom. The smallest absolute Gasteiger partial charge is 0.0257 e. The summed E-state index contributed by atoms with van der Waals surface area (Å²) in [4.78, 5) is 0. The number of allylic oxidation sites excluding steroid dienone is 1. The molecule has 0 nitrogen and oxygen atoms in total. The summed E-state index contributed by atoms with van der Waals surface area (Å²) in [5.74, 6) is 0. The summed E-state index contributed by atoms with van der Waals surface area (Å²) >= 11 is 0. The molecule has 0 saturated carbocycles. The number of rotatable bonds is 3. The first-order valence-electron chi connectivity index (χ1n) is 4.61. The van der Waals surface area contributed by atoms with Crippen LogP contribution in [0.3, 0.4) is 0 Å². The maximum atomic E-state index is 2.28. The van der Waals surface area contributed by atoms with Gasteiger partial charge in [0.15, 0.2) is 0 Å². The minimum absolute atomic E-state index is 1.16. The molecule has 0 aromatic heterocycles. The van der Waals surface area contributed by atoms with Crippen molar-refractivity contribution in [2.24, 2.45) is 0 Å². The lowest BCUT2D eigenvalue weighted by molar-refractivity contribution is 0.990. The van der Waals surface area contributed by atoms with Crippen LogP contribution in [-0.2, 0) is 0 Å². The van der Waals surface area contributed by atoms with Crippen molar-refractivity contribution in [3.8, 4) is 0 Å². The van der Waals surface area contributed by atoms with Crippen LogP contribution >= 0.6 is 0 Å². The molecule has 0 atom stereocenters. The van der Waals surface area contributed by atoms with E-state index < -0.39 is 0 Å². The van der Waals surface area contributed by atoms with Gasteiger partial charge < -0.3 is 0 Å². The van der Waals surface area contributed by atoms with Crippen molar-refractivity contribution in [1.82, 2.24) is 0 Å². The average Bonchev–Trinajstić information content (AvgIpc) is 2.16. The normalized spacial score (nSPS) is 9.50. The Morgan fingerprint density at radius 3 is 2.17 bits per heavy atom. The summed E-state index contributed by atoms with van der Waals surface area (Å²) in [5.41, 5.74) is 2.83. The third kappa shape index (κ3) is 2.54. The number of benzene rings is 1. The van der Waals surface area contributed by atoms with Crippen LogP contribution in [0.2, 0.25) is 0 Å². The highest BCUT2D eigenvalue weighted by Gasteiger charge is 1.90. The zero-order chi connectivity index (χ0) is 8.81. The fourth-order valence-corrected chi connectivity index (χ4v) is 1.24. The summed E-state index contributed by atoms with van der Waals surface area (Å²) in [6.45, 7) is 4.41. The van der Waals surface area contributed by atoms with E-state index in [-0.39, 0.29) is 0 Å². The van der Waals surface area contributed by atoms with Gasteiger partial charge in [-0.1, -0.05) is 55.8 Å². The first-order valence-corrected chi connectivity index (χ1v) is 4.61. The highest BCUT2D eigenvalue weighted by molar-refractivity contribution is 5.52. The van der Waals surface area contributed by atoms with Crippen LogP contribution in [0.15, 0.2) is 35.9 Å². The Hall–Kier alpha value is -1.04. The molecule has 0 fully saturated rings. The van der Waals surface area contributed by atoms with Gasteiger partial charge in [-0.2, -0.15) is 0 Å². The van der Waals surface area contributed by atoms with Crippen LogP contribution in [0.5, 0.6) is 0 Å². The second-order valence-corrected chi connectivity index (χ2v) is 2.92. The van der Waals surface area contributed by atoms with E-state index in [9.17, 15) is 0 Å². The molecule has 0 spiro atoms. The van der Waals surface area contributed by atoms with Gasteiger partial charge in [0.05, 0.1) is 0 Å². The van der Waals surface area contributed by atoms with Crippen LogP contribution in [0.4, 0.5) is 0 Å². The second-order valence-electron chi connectivity index (χ2n) is 2.92. The molecule has 0 heterocycles. The summed E-state index contributed by atoms with van der Waals surface area (Å²) in [5, 5.41) is 0. The van der Waals surface area contributed by atoms with Gasteiger partial charge in [0.1, 0.15) is 0 Å². The molecule has 0 unspecified atom stereocenters. The van der Waals surface area contributed by atoms with Gasteiger partial charge in [-0.15, -0.1) is 0 Å². The number of hydrogen-bond acceptors (Lipinski definition) is 0. The van der Waals surface area contributed by atoms with Gasteiger partial charge in [-0.05, 0) is 18.4 Å². The Labute approximate surface area is 74.9 Å². The standard InChI is InChI=1S/C12H16/c1-3-11(4-2)10-12-8-6-5-7-9-12/h5-10H,3-4H2,1-2H3. The molecule has 12 heavy (non-hydrogen) atoms. The Bertz CT molecular complexity index is 238. The van der Waals surface area contributed by atoms with Crippen molar-refractivity contribution in [3.63, 3.8) is 0 Å². The summed E-state index contributed by atoms with van der Waals surface area (Å²) in [7, 11) is 0. The van der Waals surface area contributed by atoms with Crippen molar-refractivity contribution in [3.05, 3.63) is 41.5 Å². The zero-order valence-electron chi connectivity index (χ0n) is 7.88. The molecule has 0 saturated heterocycles. The van der Waals surface area contributed by atoms with Crippen LogP contribution in [0.25, 0.3) is 6.08 Å². The third-order valence-electron chi connectivity index (χ3n) is 2.08. The van der Waals surface area contributed by atoms with E-state index >= 15 is 0 Å². The summed E-state index contributed by atoms with van der Waals surface area (Å²) in [6.07, 6.45) is 4.59. The molecule has 0 aliphatic heterocycles. The summed E-state index contributed by atoms with van der Waals surface area (Å²) in [6, 6.07) is 10.5. The lowest BCUT2D eigenvalue weighted by Crippen LogP contribution is -1.77. The van der Waals surface area contributed by atoms with Crippen LogP contribution < -0.4 is 0 Å². The third-order valence-corrected chi connectivity index (χ3v) is 2.08. The molecule has 0 bridgehead atoms. The van der Waals surface area contributed by atoms with Gasteiger partial charge in [0.2, 0.25) is 0 Å². The van der Waals surface area contributed by atoms with Crippen LogP contribution in [0, 0.1) is 0 Å². The maximum Gasteiger partial charge on any atom is -0.0257 e. The molecule has 0 heteroatoms. The quantitative estimate of drug-likeness (QED) is 0.629. The van der Waals surface area contributed by atoms with Gasteiger partial charge >= 0.3 is 0 Å². The lowest BCUT2D eigenvalue weighted by Gasteiger charge is -1.99. The summed E-state index contributed by atoms with van der Waals surface area (Å²) < 4.78 is 0. The molecule has 1 aromatic carbocycles. The minimum atomic E-state index is 1.16. The molecule has 0 radical (unpaired) electrons. The highest BCUT2D eigenvalue weighted by Crippen LogP contribution is 2.11. The largest absolute Gasteiger partial charge is 0.0702 e. The SMILES string of the molecule is CCC(=Cc1ccccc1)CC. The Morgan fingerprint density at radius 2 is 1.67 bits per heavy atom. The molecule has 1 aromatic rings. The Balaban J connectivity index is 2.79. The lowest BCUT2D eigenvalue weighted by atomic mass is 10.1. The molecular weight excluding hydrogens is 144 g/mol. The van der Waals surface area contributed by atoms with Crippen molar-refractivity contribution in [2.75, 3.05) is 0 Å². The molecule has 0 aliphatic rings. The predicted molar refractivity (Wildman–Crippen MR) is 55.0 cm³/mol. The van der Waals surface area contributed by atoms with E-state index in [0.717, 1.165) is 12.8 Å². The van der Waals surface area contributed by atoms with E-state index in [1.807, 2.05) is 0 Å². The van der Waals surface area contributed by atoms with E-state index in [2.05, 4.69) is 50.3 Å². The molecule has 0 aliphatic carbocycles. The number of hydrogen-bond donors (Lipinski definition) is 0. The molecule has 64 valence electrons. The van der Waals surface area contributed by atoms with Crippen LogP contribution in [-0.4, -0.2) is 0 Å². The average molecular weight is 160 g/mol. The fraction of sp³-hybridized carbons (Fsp3) is 0.333. The van der Waals surface area contributed by atoms with Gasteiger partial charge in [0.25, 0.3) is 0 Å². The first-order chi connectivity index (χ1) is 5.86. The zero-order valence-corrected chi connectivity index (χ0v) is 7.88. The highest BCUT2D eigenvalue weighted by atomic mass is 14.0. The van der Waals surface area contributed by atoms with Gasteiger partial charge in [0, 0.05) is 0 Å². The molecule has 0 amide bonds. The fourth-order valence-electron chi connectivity index (χ4n) is 1.24. The molecule has 0 N–H and O–H groups in total. The van der Waals surface area contributed by atoms with Crippen molar-refractivity contribution < 1.29 is 0 Å². The van der Waals surface area contributed by atoms with Gasteiger partial charge in [-0.3, -0.25) is 0 Å². The maximum absolute atomic E-state index is 2.28. The molecular formula is C12H16. The van der Waals surface area contributed by atoms with E-state index in [1.54, 1.807) is 0 Å². The molecule has 1 rings (SSSR count). The monoisotopic (exact) mass is 160 g/mol. The minimum Gasteiger partial charge on any atom is -0.0702 e. The van der Waals surface area contributed by atoms with Crippen molar-refractivity contribution >= 4 is 6.08 Å².